The molecule has 0 bridgehead atoms. The highest BCUT2D eigenvalue weighted by Crippen LogP contribution is 2.30. The molecule has 1 N–H and O–H groups in total. The van der Waals surface area contributed by atoms with E-state index in [1.165, 1.54) is 6.42 Å². The first-order chi connectivity index (χ1) is 8.56. The Kier molecular flexibility index (Phi) is 3.59. The monoisotopic (exact) mass is 251 g/mol. The van der Waals surface area contributed by atoms with E-state index in [1.807, 2.05) is 7.05 Å². The lowest BCUT2D eigenvalue weighted by atomic mass is 9.99. The fourth-order valence-corrected chi connectivity index (χ4v) is 2.93. The Hall–Kier alpha value is -1.52. The molecule has 1 aliphatic rings. The largest absolute Gasteiger partial charge is 0.477 e. The van der Waals surface area contributed by atoms with Crippen LogP contribution in [0.15, 0.2) is 0 Å². The second-order valence-corrected chi connectivity index (χ2v) is 4.96. The zero-order valence-corrected chi connectivity index (χ0v) is 11.3. The molecule has 0 saturated carbocycles. The Morgan fingerprint density at radius 1 is 1.50 bits per heavy atom. The first-order valence-corrected chi connectivity index (χ1v) is 6.59. The Bertz CT molecular complexity index is 453. The minimum atomic E-state index is -0.879. The van der Waals surface area contributed by atoms with Crippen LogP contribution in [0, 0.1) is 6.92 Å². The van der Waals surface area contributed by atoms with Gasteiger partial charge in [0, 0.05) is 19.6 Å². The molecular formula is C13H21N3O2. The van der Waals surface area contributed by atoms with Crippen molar-refractivity contribution in [3.8, 4) is 0 Å². The van der Waals surface area contributed by atoms with Crippen LogP contribution in [0.5, 0.6) is 0 Å². The van der Waals surface area contributed by atoms with Gasteiger partial charge in [-0.15, -0.1) is 0 Å². The number of aromatic carboxylic acids is 1. The van der Waals surface area contributed by atoms with Crippen molar-refractivity contribution in [2.24, 2.45) is 7.05 Å². The minimum Gasteiger partial charge on any atom is -0.477 e. The van der Waals surface area contributed by atoms with Crippen LogP contribution >= 0.6 is 0 Å². The van der Waals surface area contributed by atoms with E-state index >= 15 is 0 Å². The molecule has 5 nitrogen and oxygen atoms in total. The van der Waals surface area contributed by atoms with Crippen molar-refractivity contribution in [2.45, 2.75) is 45.6 Å². The highest BCUT2D eigenvalue weighted by molar-refractivity contribution is 5.95. The van der Waals surface area contributed by atoms with E-state index in [4.69, 9.17) is 0 Å². The summed E-state index contributed by atoms with van der Waals surface area (Å²) in [5.74, 6) is -0.109. The zero-order valence-electron chi connectivity index (χ0n) is 11.3. The van der Waals surface area contributed by atoms with Gasteiger partial charge in [-0.2, -0.15) is 5.10 Å². The Morgan fingerprint density at radius 3 is 2.83 bits per heavy atom. The van der Waals surface area contributed by atoms with Gasteiger partial charge in [-0.3, -0.25) is 4.68 Å². The fraction of sp³-hybridized carbons (Fsp3) is 0.692. The summed E-state index contributed by atoms with van der Waals surface area (Å²) >= 11 is 0. The summed E-state index contributed by atoms with van der Waals surface area (Å²) in [7, 11) is 1.83. The molecule has 18 heavy (non-hydrogen) atoms. The number of hydrogen-bond acceptors (Lipinski definition) is 3. The molecule has 100 valence electrons. The first kappa shape index (κ1) is 12.9. The van der Waals surface area contributed by atoms with Crippen LogP contribution in [-0.2, 0) is 7.05 Å². The van der Waals surface area contributed by atoms with E-state index in [0.29, 0.717) is 17.3 Å². The maximum Gasteiger partial charge on any atom is 0.341 e. The quantitative estimate of drug-likeness (QED) is 0.894. The van der Waals surface area contributed by atoms with Gasteiger partial charge in [0.1, 0.15) is 11.4 Å². The zero-order chi connectivity index (χ0) is 13.3. The lowest BCUT2D eigenvalue weighted by Crippen LogP contribution is -2.41. The molecule has 0 amide bonds. The maximum atomic E-state index is 11.4. The van der Waals surface area contributed by atoms with E-state index in [1.54, 1.807) is 11.6 Å². The van der Waals surface area contributed by atoms with Gasteiger partial charge in [0.05, 0.1) is 5.69 Å². The van der Waals surface area contributed by atoms with Crippen molar-refractivity contribution in [3.05, 3.63) is 11.3 Å². The molecule has 0 aromatic carbocycles. The van der Waals surface area contributed by atoms with E-state index in [-0.39, 0.29) is 0 Å². The van der Waals surface area contributed by atoms with Crippen LogP contribution in [0.1, 0.15) is 48.7 Å². The third-order valence-corrected chi connectivity index (χ3v) is 3.78. The summed E-state index contributed by atoms with van der Waals surface area (Å²) in [5, 5.41) is 13.6. The van der Waals surface area contributed by atoms with E-state index in [9.17, 15) is 9.90 Å². The average Bonchev–Trinajstić information content (AvgIpc) is 2.64. The number of rotatable bonds is 3. The third kappa shape index (κ3) is 2.09. The van der Waals surface area contributed by atoms with Crippen molar-refractivity contribution in [1.29, 1.82) is 0 Å². The molecule has 2 rings (SSSR count). The van der Waals surface area contributed by atoms with Crippen LogP contribution in [0.2, 0.25) is 0 Å². The number of aryl methyl sites for hydroxylation is 2. The first-order valence-electron chi connectivity index (χ1n) is 6.59. The van der Waals surface area contributed by atoms with Gasteiger partial charge in [0.25, 0.3) is 0 Å². The highest BCUT2D eigenvalue weighted by atomic mass is 16.4. The minimum absolute atomic E-state index is 0.359. The standard InChI is InChI=1S/C13H21N3O2/c1-4-10-7-5-6-8-16(10)12-11(13(17)18)9(2)14-15(12)3/h10H,4-8H2,1-3H3,(H,17,18). The maximum absolute atomic E-state index is 11.4. The molecule has 0 spiro atoms. The van der Waals surface area contributed by atoms with Crippen LogP contribution in [-0.4, -0.2) is 33.4 Å². The van der Waals surface area contributed by atoms with Crippen LogP contribution in [0.25, 0.3) is 0 Å². The molecular weight excluding hydrogens is 230 g/mol. The lowest BCUT2D eigenvalue weighted by molar-refractivity contribution is 0.0696. The van der Waals surface area contributed by atoms with Gasteiger partial charge >= 0.3 is 5.97 Å². The number of nitrogens with zero attached hydrogens (tertiary/aromatic N) is 3. The Morgan fingerprint density at radius 2 is 2.22 bits per heavy atom. The van der Waals surface area contributed by atoms with Gasteiger partial charge < -0.3 is 10.0 Å². The third-order valence-electron chi connectivity index (χ3n) is 3.78. The average molecular weight is 251 g/mol. The van der Waals surface area contributed by atoms with Crippen molar-refractivity contribution < 1.29 is 9.90 Å². The van der Waals surface area contributed by atoms with Crippen molar-refractivity contribution in [2.75, 3.05) is 11.4 Å². The highest BCUT2D eigenvalue weighted by Gasteiger charge is 2.29. The summed E-state index contributed by atoms with van der Waals surface area (Å²) in [4.78, 5) is 13.6. The molecule has 1 unspecified atom stereocenters. The molecule has 0 aliphatic carbocycles. The van der Waals surface area contributed by atoms with Crippen LogP contribution < -0.4 is 4.90 Å². The smallest absolute Gasteiger partial charge is 0.341 e. The van der Waals surface area contributed by atoms with Gasteiger partial charge in [-0.1, -0.05) is 6.92 Å². The molecule has 0 radical (unpaired) electrons. The number of carboxylic acid groups (broad SMARTS) is 1. The van der Waals surface area contributed by atoms with Gasteiger partial charge in [-0.05, 0) is 32.6 Å². The number of anilines is 1. The number of aromatic nitrogens is 2. The van der Waals surface area contributed by atoms with Crippen molar-refractivity contribution in [3.63, 3.8) is 0 Å². The number of hydrogen-bond donors (Lipinski definition) is 1. The topological polar surface area (TPSA) is 58.4 Å². The fourth-order valence-electron chi connectivity index (χ4n) is 2.93. The molecule has 1 fully saturated rings. The predicted octanol–water partition coefficient (Wildman–Crippen LogP) is 2.20. The normalized spacial score (nSPS) is 20.2. The number of carboxylic acids is 1. The molecule has 1 aromatic heterocycles. The van der Waals surface area contributed by atoms with E-state index < -0.39 is 5.97 Å². The Labute approximate surface area is 107 Å². The molecule has 1 atom stereocenters. The predicted molar refractivity (Wildman–Crippen MR) is 70.2 cm³/mol. The second kappa shape index (κ2) is 5.00. The van der Waals surface area contributed by atoms with E-state index in [2.05, 4.69) is 16.9 Å². The molecule has 1 aromatic rings. The molecule has 1 aliphatic heterocycles. The van der Waals surface area contributed by atoms with E-state index in [0.717, 1.165) is 31.6 Å². The molecule has 1 saturated heterocycles. The van der Waals surface area contributed by atoms with Gasteiger partial charge in [-0.25, -0.2) is 4.79 Å². The Balaban J connectivity index is 2.45. The van der Waals surface area contributed by atoms with Crippen LogP contribution in [0.4, 0.5) is 5.82 Å². The summed E-state index contributed by atoms with van der Waals surface area (Å²) in [6, 6.07) is 0.437. The van der Waals surface area contributed by atoms with Crippen LogP contribution in [0.3, 0.4) is 0 Å². The summed E-state index contributed by atoms with van der Waals surface area (Å²) < 4.78 is 1.72. The molecule has 2 heterocycles. The summed E-state index contributed by atoms with van der Waals surface area (Å²) in [5.41, 5.74) is 0.957. The number of piperidine rings is 1. The SMILES string of the molecule is CCC1CCCCN1c1c(C(=O)O)c(C)nn1C. The summed E-state index contributed by atoms with van der Waals surface area (Å²) in [6.07, 6.45) is 4.54. The summed E-state index contributed by atoms with van der Waals surface area (Å²) in [6.45, 7) is 4.85. The van der Waals surface area contributed by atoms with Crippen molar-refractivity contribution >= 4 is 11.8 Å². The van der Waals surface area contributed by atoms with Gasteiger partial charge in [0.2, 0.25) is 0 Å². The lowest BCUT2D eigenvalue weighted by Gasteiger charge is -2.37. The van der Waals surface area contributed by atoms with Crippen molar-refractivity contribution in [1.82, 2.24) is 9.78 Å². The van der Waals surface area contributed by atoms with Gasteiger partial charge in [0.15, 0.2) is 0 Å². The molecule has 5 heteroatoms. The number of carbonyl (C=O) groups is 1. The second-order valence-electron chi connectivity index (χ2n) is 4.96.